The molecule has 0 fully saturated rings. The van der Waals surface area contributed by atoms with Gasteiger partial charge in [-0.2, -0.15) is 5.26 Å². The summed E-state index contributed by atoms with van der Waals surface area (Å²) in [5.74, 6) is -1.23. The van der Waals surface area contributed by atoms with Crippen LogP contribution in [0.2, 0.25) is 0 Å². The fourth-order valence-corrected chi connectivity index (χ4v) is 11.0. The largest absolute Gasteiger partial charge is 0.477 e. The Labute approximate surface area is 434 Å². The zero-order valence-electron chi connectivity index (χ0n) is 44.1. The highest BCUT2D eigenvalue weighted by molar-refractivity contribution is 7.16. The van der Waals surface area contributed by atoms with Crippen molar-refractivity contribution in [1.82, 2.24) is 9.13 Å². The number of rotatable bonds is 8. The Morgan fingerprint density at radius 1 is 0.479 bits per heavy atom. The molecule has 10 rings (SSSR count). The van der Waals surface area contributed by atoms with Crippen LogP contribution in [0.25, 0.3) is 71.5 Å². The first-order valence-electron chi connectivity index (χ1n) is 25.2. The van der Waals surface area contributed by atoms with Gasteiger partial charge in [-0.1, -0.05) is 119 Å². The van der Waals surface area contributed by atoms with E-state index in [2.05, 4.69) is 243 Å². The molecule has 6 nitrogen and oxygen atoms in total. The number of aliphatic carboxylic acids is 1. The van der Waals surface area contributed by atoms with Crippen molar-refractivity contribution in [2.75, 3.05) is 4.90 Å². The quantitative estimate of drug-likeness (QED) is 0.122. The minimum atomic E-state index is -1.23. The van der Waals surface area contributed by atoms with Gasteiger partial charge in [0.25, 0.3) is 0 Å². The molecule has 0 unspecified atom stereocenters. The predicted molar refractivity (Wildman–Crippen MR) is 309 cm³/mol. The fourth-order valence-electron chi connectivity index (χ4n) is 10.1. The number of nitrogens with zero attached hydrogens (tertiary/aromatic N) is 4. The fraction of sp³-hybridized carbons (Fsp3) is 0.242. The highest BCUT2D eigenvalue weighted by atomic mass is 32.1. The van der Waals surface area contributed by atoms with Crippen molar-refractivity contribution in [3.63, 3.8) is 0 Å². The number of hydrogen-bond donors (Lipinski definition) is 1. The van der Waals surface area contributed by atoms with Crippen LogP contribution in [0.4, 0.5) is 17.1 Å². The first kappa shape index (κ1) is 48.9. The van der Waals surface area contributed by atoms with Crippen molar-refractivity contribution < 1.29 is 9.90 Å². The second-order valence-corrected chi connectivity index (χ2v) is 24.8. The van der Waals surface area contributed by atoms with Crippen LogP contribution in [0, 0.1) is 11.3 Å². The Morgan fingerprint density at radius 2 is 0.808 bits per heavy atom. The molecule has 0 saturated heterocycles. The van der Waals surface area contributed by atoms with Crippen LogP contribution in [0.5, 0.6) is 0 Å². The second kappa shape index (κ2) is 17.8. The van der Waals surface area contributed by atoms with Gasteiger partial charge in [0.05, 0.1) is 22.1 Å². The normalized spacial score (nSPS) is 12.8. The van der Waals surface area contributed by atoms with Gasteiger partial charge in [0.1, 0.15) is 11.6 Å². The number of carbonyl (C=O) groups is 1. The molecule has 0 aliphatic carbocycles. The molecule has 7 aromatic carbocycles. The van der Waals surface area contributed by atoms with E-state index in [1.54, 1.807) is 6.07 Å². The summed E-state index contributed by atoms with van der Waals surface area (Å²) in [6, 6.07) is 59.8. The van der Waals surface area contributed by atoms with E-state index < -0.39 is 5.97 Å². The number of thiophene rings is 1. The first-order chi connectivity index (χ1) is 34.5. The summed E-state index contributed by atoms with van der Waals surface area (Å²) in [6.45, 7) is 27.3. The Morgan fingerprint density at radius 3 is 1.11 bits per heavy atom. The number of hydrogen-bond acceptors (Lipinski definition) is 4. The Hall–Kier alpha value is -7.66. The minimum absolute atomic E-state index is 0.00954. The lowest BCUT2D eigenvalue weighted by Crippen LogP contribution is -2.11. The van der Waals surface area contributed by atoms with Crippen LogP contribution in [-0.2, 0) is 26.5 Å². The number of nitriles is 1. The molecule has 3 aromatic heterocycles. The summed E-state index contributed by atoms with van der Waals surface area (Å²) in [5.41, 5.74) is 15.9. The average molecular weight is 977 g/mol. The smallest absolute Gasteiger partial charge is 0.346 e. The number of carboxylic acids is 1. The highest BCUT2D eigenvalue weighted by Gasteiger charge is 2.24. The Bertz CT molecular complexity index is 3510. The highest BCUT2D eigenvalue weighted by Crippen LogP contribution is 2.43. The minimum Gasteiger partial charge on any atom is -0.477 e. The summed E-state index contributed by atoms with van der Waals surface area (Å²) in [4.78, 5) is 15.6. The van der Waals surface area contributed by atoms with Crippen molar-refractivity contribution in [3.8, 4) is 27.9 Å². The molecule has 0 radical (unpaired) electrons. The maximum Gasteiger partial charge on any atom is 0.346 e. The zero-order valence-corrected chi connectivity index (χ0v) is 45.0. The van der Waals surface area contributed by atoms with E-state index >= 15 is 0 Å². The summed E-state index contributed by atoms with van der Waals surface area (Å²) in [7, 11) is 0. The number of benzene rings is 7. The monoisotopic (exact) mass is 976 g/mol. The van der Waals surface area contributed by atoms with Gasteiger partial charge in [-0.3, -0.25) is 0 Å². The molecular formula is C66H64N4O2S. The summed E-state index contributed by atoms with van der Waals surface area (Å²) in [5, 5.41) is 23.9. The van der Waals surface area contributed by atoms with E-state index in [4.69, 9.17) is 0 Å². The standard InChI is InChI=1S/C66H64N4O2S/c1-63(2,3)43-15-30-57-53(36-43)54-37-44(64(4,5)6)16-31-58(54)69(57)50-25-21-48(22-26-50)68(47-19-13-41(14-20-47)61-34-29-52(73-61)35-42(40-67)62(71)72)49-23-27-51(28-24-49)70-59-32-17-45(65(7,8)9)38-55(59)56-39-46(66(10,11)12)18-33-60(56)70/h13-39H,1-12H3,(H,71,72)/b42-35-. The van der Waals surface area contributed by atoms with Gasteiger partial charge >= 0.3 is 5.97 Å². The maximum absolute atomic E-state index is 11.6. The molecule has 0 bridgehead atoms. The van der Waals surface area contributed by atoms with E-state index in [1.165, 1.54) is 83.3 Å². The molecule has 10 aromatic rings. The molecular weight excluding hydrogens is 913 g/mol. The van der Waals surface area contributed by atoms with Crippen LogP contribution in [-0.4, -0.2) is 20.2 Å². The number of aromatic nitrogens is 2. The summed E-state index contributed by atoms with van der Waals surface area (Å²) in [6.07, 6.45) is 1.43. The third-order valence-electron chi connectivity index (χ3n) is 14.4. The second-order valence-electron chi connectivity index (χ2n) is 23.7. The van der Waals surface area contributed by atoms with Crippen LogP contribution in [0.1, 0.15) is 110 Å². The van der Waals surface area contributed by atoms with Gasteiger partial charge in [-0.15, -0.1) is 11.3 Å². The average Bonchev–Trinajstić information content (AvgIpc) is 4.05. The molecule has 0 spiro atoms. The number of fused-ring (bicyclic) bond motifs is 6. The van der Waals surface area contributed by atoms with Crippen molar-refractivity contribution in [2.24, 2.45) is 0 Å². The molecule has 3 heterocycles. The summed E-state index contributed by atoms with van der Waals surface area (Å²) < 4.78 is 4.81. The topological polar surface area (TPSA) is 74.2 Å². The van der Waals surface area contributed by atoms with Gasteiger partial charge in [0.15, 0.2) is 0 Å². The van der Waals surface area contributed by atoms with E-state index in [-0.39, 0.29) is 27.2 Å². The molecule has 7 heteroatoms. The van der Waals surface area contributed by atoms with E-state index in [9.17, 15) is 15.2 Å². The molecule has 366 valence electrons. The number of anilines is 3. The van der Waals surface area contributed by atoms with Gasteiger partial charge in [0.2, 0.25) is 0 Å². The molecule has 0 saturated carbocycles. The van der Waals surface area contributed by atoms with Gasteiger partial charge in [-0.05, 0) is 177 Å². The van der Waals surface area contributed by atoms with E-state index in [0.717, 1.165) is 38.9 Å². The lowest BCUT2D eigenvalue weighted by atomic mass is 9.85. The van der Waals surface area contributed by atoms with Crippen LogP contribution < -0.4 is 4.90 Å². The van der Waals surface area contributed by atoms with Crippen molar-refractivity contribution in [2.45, 2.75) is 105 Å². The Balaban J connectivity index is 1.09. The van der Waals surface area contributed by atoms with Gasteiger partial charge in [-0.25, -0.2) is 4.79 Å². The molecule has 0 atom stereocenters. The van der Waals surface area contributed by atoms with Gasteiger partial charge in [0, 0.05) is 59.7 Å². The SMILES string of the molecule is CC(C)(C)c1ccc2c(c1)c1cc(C(C)(C)C)ccc1n2-c1ccc(N(c2ccc(-c3ccc(/C=C(/C#N)C(=O)O)s3)cc2)c2ccc(-n3c4ccc(C(C)(C)C)cc4c4cc(C(C)(C)C)ccc43)cc2)cc1. The van der Waals surface area contributed by atoms with E-state index in [1.807, 2.05) is 12.1 Å². The number of carboxylic acid groups (broad SMARTS) is 1. The van der Waals surface area contributed by atoms with Crippen LogP contribution in [0.3, 0.4) is 0 Å². The van der Waals surface area contributed by atoms with Crippen LogP contribution in [0.15, 0.2) is 163 Å². The van der Waals surface area contributed by atoms with Gasteiger partial charge < -0.3 is 19.1 Å². The molecule has 73 heavy (non-hydrogen) atoms. The van der Waals surface area contributed by atoms with Crippen molar-refractivity contribution in [1.29, 1.82) is 5.26 Å². The molecule has 0 aliphatic rings. The molecule has 1 N–H and O–H groups in total. The lowest BCUT2D eigenvalue weighted by molar-refractivity contribution is -0.132. The third-order valence-corrected chi connectivity index (χ3v) is 15.5. The maximum atomic E-state index is 11.6. The first-order valence-corrected chi connectivity index (χ1v) is 26.0. The van der Waals surface area contributed by atoms with Crippen LogP contribution >= 0.6 is 11.3 Å². The predicted octanol–water partition coefficient (Wildman–Crippen LogP) is 18.3. The van der Waals surface area contributed by atoms with Crippen molar-refractivity contribution >= 4 is 84.1 Å². The summed E-state index contributed by atoms with van der Waals surface area (Å²) >= 11 is 1.46. The van der Waals surface area contributed by atoms with E-state index in [0.29, 0.717) is 4.88 Å². The van der Waals surface area contributed by atoms with Crippen molar-refractivity contribution in [3.05, 3.63) is 190 Å². The third kappa shape index (κ3) is 9.15. The zero-order chi connectivity index (χ0) is 51.9. The Kier molecular flexibility index (Phi) is 12.0. The molecule has 0 aliphatic heterocycles. The molecule has 0 amide bonds. The lowest BCUT2D eigenvalue weighted by Gasteiger charge is -2.26.